The molecule has 0 aliphatic carbocycles. The van der Waals surface area contributed by atoms with Gasteiger partial charge in [0.05, 0.1) is 6.20 Å². The Hall–Kier alpha value is -2.55. The molecule has 0 aliphatic heterocycles. The lowest BCUT2D eigenvalue weighted by Gasteiger charge is -2.07. The Kier molecular flexibility index (Phi) is 3.89. The molecule has 8 nitrogen and oxygen atoms in total. The highest BCUT2D eigenvalue weighted by Gasteiger charge is 2.15. The standard InChI is InChI=1S/C11H12N4O4S/c12-10(16)7-19-9-3-1-8(2-4-9)15-20(17,18)11-5-6-13-14-11/h1-6,15H,7H2,(H2,12,16)(H,13,14). The van der Waals surface area contributed by atoms with Crippen LogP contribution in [0, 0.1) is 0 Å². The van der Waals surface area contributed by atoms with E-state index in [9.17, 15) is 13.2 Å². The van der Waals surface area contributed by atoms with Crippen LogP contribution < -0.4 is 15.2 Å². The van der Waals surface area contributed by atoms with Crippen LogP contribution in [0.2, 0.25) is 0 Å². The van der Waals surface area contributed by atoms with Gasteiger partial charge in [-0.25, -0.2) is 0 Å². The highest BCUT2D eigenvalue weighted by molar-refractivity contribution is 7.92. The Bertz CT molecular complexity index is 680. The van der Waals surface area contributed by atoms with Gasteiger partial charge < -0.3 is 10.5 Å². The van der Waals surface area contributed by atoms with Crippen molar-refractivity contribution in [3.05, 3.63) is 36.5 Å². The van der Waals surface area contributed by atoms with E-state index in [0.717, 1.165) is 0 Å². The van der Waals surface area contributed by atoms with Crippen molar-refractivity contribution in [2.45, 2.75) is 5.03 Å². The van der Waals surface area contributed by atoms with Crippen molar-refractivity contribution in [2.75, 3.05) is 11.3 Å². The normalized spacial score (nSPS) is 11.0. The van der Waals surface area contributed by atoms with E-state index in [1.165, 1.54) is 36.5 Å². The van der Waals surface area contributed by atoms with Gasteiger partial charge in [-0.05, 0) is 30.3 Å². The molecular formula is C11H12N4O4S. The first-order chi connectivity index (χ1) is 9.47. The molecule has 0 fully saturated rings. The summed E-state index contributed by atoms with van der Waals surface area (Å²) in [7, 11) is -3.69. The van der Waals surface area contributed by atoms with Crippen molar-refractivity contribution < 1.29 is 17.9 Å². The molecular weight excluding hydrogens is 284 g/mol. The number of nitrogens with zero attached hydrogens (tertiary/aromatic N) is 1. The number of hydrogen-bond acceptors (Lipinski definition) is 5. The monoisotopic (exact) mass is 296 g/mol. The second-order valence-electron chi connectivity index (χ2n) is 3.81. The third-order valence-corrected chi connectivity index (χ3v) is 3.56. The van der Waals surface area contributed by atoms with E-state index in [2.05, 4.69) is 14.9 Å². The average molecular weight is 296 g/mol. The molecule has 0 spiro atoms. The molecule has 106 valence electrons. The van der Waals surface area contributed by atoms with Gasteiger partial charge in [-0.2, -0.15) is 13.5 Å². The smallest absolute Gasteiger partial charge is 0.278 e. The molecule has 1 heterocycles. The van der Waals surface area contributed by atoms with Crippen molar-refractivity contribution in [3.8, 4) is 5.75 Å². The Morgan fingerprint density at radius 3 is 2.55 bits per heavy atom. The van der Waals surface area contributed by atoms with Crippen LogP contribution in [-0.2, 0) is 14.8 Å². The number of benzene rings is 1. The number of carbonyl (C=O) groups is 1. The van der Waals surface area contributed by atoms with Crippen LogP contribution in [-0.4, -0.2) is 31.1 Å². The maximum Gasteiger partial charge on any atom is 0.278 e. The number of nitrogens with one attached hydrogen (secondary N) is 2. The fourth-order valence-electron chi connectivity index (χ4n) is 1.38. The maximum absolute atomic E-state index is 11.9. The summed E-state index contributed by atoms with van der Waals surface area (Å²) >= 11 is 0. The minimum atomic E-state index is -3.69. The van der Waals surface area contributed by atoms with Crippen molar-refractivity contribution in [3.63, 3.8) is 0 Å². The van der Waals surface area contributed by atoms with E-state index in [4.69, 9.17) is 10.5 Å². The topological polar surface area (TPSA) is 127 Å². The molecule has 0 unspecified atom stereocenters. The Labute approximate surface area is 115 Å². The van der Waals surface area contributed by atoms with Gasteiger partial charge in [0.1, 0.15) is 5.75 Å². The molecule has 1 aromatic carbocycles. The van der Waals surface area contributed by atoms with E-state index in [1.807, 2.05) is 0 Å². The predicted molar refractivity (Wildman–Crippen MR) is 70.5 cm³/mol. The first kappa shape index (κ1) is 13.9. The number of aromatic amines is 1. The molecule has 1 aromatic heterocycles. The Balaban J connectivity index is 2.06. The number of H-pyrrole nitrogens is 1. The van der Waals surface area contributed by atoms with Crippen molar-refractivity contribution >= 4 is 21.6 Å². The summed E-state index contributed by atoms with van der Waals surface area (Å²) in [4.78, 5) is 10.6. The van der Waals surface area contributed by atoms with Crippen molar-refractivity contribution in [1.82, 2.24) is 10.2 Å². The Morgan fingerprint density at radius 1 is 1.30 bits per heavy atom. The van der Waals surface area contributed by atoms with Gasteiger partial charge in [-0.15, -0.1) is 0 Å². The average Bonchev–Trinajstić information content (AvgIpc) is 2.92. The number of anilines is 1. The summed E-state index contributed by atoms with van der Waals surface area (Å²) < 4.78 is 31.2. The van der Waals surface area contributed by atoms with Gasteiger partial charge >= 0.3 is 0 Å². The second kappa shape index (κ2) is 5.61. The summed E-state index contributed by atoms with van der Waals surface area (Å²) in [6.07, 6.45) is 1.34. The lowest BCUT2D eigenvalue weighted by molar-refractivity contribution is -0.119. The number of rotatable bonds is 6. The zero-order valence-electron chi connectivity index (χ0n) is 10.2. The van der Waals surface area contributed by atoms with Gasteiger partial charge in [0.15, 0.2) is 11.6 Å². The first-order valence-electron chi connectivity index (χ1n) is 5.51. The van der Waals surface area contributed by atoms with E-state index in [-0.39, 0.29) is 11.6 Å². The minimum Gasteiger partial charge on any atom is -0.484 e. The zero-order chi connectivity index (χ0) is 14.6. The van der Waals surface area contributed by atoms with Crippen LogP contribution in [0.1, 0.15) is 0 Å². The number of sulfonamides is 1. The molecule has 2 aromatic rings. The lowest BCUT2D eigenvalue weighted by Crippen LogP contribution is -2.20. The third kappa shape index (κ3) is 3.48. The Morgan fingerprint density at radius 2 is 2.00 bits per heavy atom. The fraction of sp³-hybridized carbons (Fsp3) is 0.0909. The number of hydrogen-bond donors (Lipinski definition) is 3. The summed E-state index contributed by atoms with van der Waals surface area (Å²) in [5.74, 6) is -0.178. The van der Waals surface area contributed by atoms with Gasteiger partial charge in [-0.1, -0.05) is 0 Å². The van der Waals surface area contributed by atoms with E-state index in [1.54, 1.807) is 0 Å². The second-order valence-corrected chi connectivity index (χ2v) is 5.46. The molecule has 20 heavy (non-hydrogen) atoms. The van der Waals surface area contributed by atoms with E-state index >= 15 is 0 Å². The largest absolute Gasteiger partial charge is 0.484 e. The molecule has 0 bridgehead atoms. The minimum absolute atomic E-state index is 0.0356. The molecule has 0 aliphatic rings. The third-order valence-electron chi connectivity index (χ3n) is 2.25. The molecule has 0 saturated carbocycles. The van der Waals surface area contributed by atoms with Gasteiger partial charge in [-0.3, -0.25) is 14.6 Å². The summed E-state index contributed by atoms with van der Waals surface area (Å²) in [6.45, 7) is -0.237. The van der Waals surface area contributed by atoms with Crippen molar-refractivity contribution in [2.24, 2.45) is 5.73 Å². The molecule has 9 heteroatoms. The molecule has 0 radical (unpaired) electrons. The zero-order valence-corrected chi connectivity index (χ0v) is 11.1. The number of nitrogens with two attached hydrogens (primary N) is 1. The quantitative estimate of drug-likeness (QED) is 0.695. The predicted octanol–water partition coefficient (Wildman–Crippen LogP) is 0.0746. The van der Waals surface area contributed by atoms with Crippen LogP contribution in [0.3, 0.4) is 0 Å². The first-order valence-corrected chi connectivity index (χ1v) is 6.99. The van der Waals surface area contributed by atoms with Crippen LogP contribution in [0.25, 0.3) is 0 Å². The summed E-state index contributed by atoms with van der Waals surface area (Å²) in [6, 6.07) is 7.39. The maximum atomic E-state index is 11.9. The SMILES string of the molecule is NC(=O)COc1ccc(NS(=O)(=O)c2ccn[nH]2)cc1. The van der Waals surface area contributed by atoms with Gasteiger partial charge in [0, 0.05) is 5.69 Å². The fourth-order valence-corrected chi connectivity index (χ4v) is 2.35. The number of aromatic nitrogens is 2. The lowest BCUT2D eigenvalue weighted by atomic mass is 10.3. The van der Waals surface area contributed by atoms with Gasteiger partial charge in [0.2, 0.25) is 0 Å². The number of ether oxygens (including phenoxy) is 1. The van der Waals surface area contributed by atoms with Crippen LogP contribution >= 0.6 is 0 Å². The van der Waals surface area contributed by atoms with Gasteiger partial charge in [0.25, 0.3) is 15.9 Å². The molecule has 2 rings (SSSR count). The van der Waals surface area contributed by atoms with E-state index < -0.39 is 15.9 Å². The summed E-state index contributed by atoms with van der Waals surface area (Å²) in [5.41, 5.74) is 5.30. The number of primary amides is 1. The summed E-state index contributed by atoms with van der Waals surface area (Å²) in [5, 5.41) is 5.91. The van der Waals surface area contributed by atoms with Crippen molar-refractivity contribution in [1.29, 1.82) is 0 Å². The number of carbonyl (C=O) groups excluding carboxylic acids is 1. The molecule has 4 N–H and O–H groups in total. The molecule has 0 saturated heterocycles. The molecule has 1 amide bonds. The van der Waals surface area contributed by atoms with Crippen LogP contribution in [0.5, 0.6) is 5.75 Å². The highest BCUT2D eigenvalue weighted by Crippen LogP contribution is 2.18. The van der Waals surface area contributed by atoms with Crippen LogP contribution in [0.4, 0.5) is 5.69 Å². The van der Waals surface area contributed by atoms with E-state index in [0.29, 0.717) is 11.4 Å². The van der Waals surface area contributed by atoms with Crippen LogP contribution in [0.15, 0.2) is 41.6 Å². The highest BCUT2D eigenvalue weighted by atomic mass is 32.2. The molecule has 0 atom stereocenters. The number of amides is 1.